The highest BCUT2D eigenvalue weighted by molar-refractivity contribution is 5.78. The van der Waals surface area contributed by atoms with E-state index >= 15 is 0 Å². The van der Waals surface area contributed by atoms with Crippen molar-refractivity contribution in [1.29, 1.82) is 0 Å². The number of pyridine rings is 1. The van der Waals surface area contributed by atoms with E-state index in [0.717, 1.165) is 34.7 Å². The topological polar surface area (TPSA) is 60.5 Å². The first-order valence-corrected chi connectivity index (χ1v) is 8.23. The number of carbonyl (C=O) groups is 1. The van der Waals surface area contributed by atoms with Gasteiger partial charge in [-0.1, -0.05) is 12.1 Å². The zero-order chi connectivity index (χ0) is 16.9. The van der Waals surface area contributed by atoms with Crippen LogP contribution in [0.3, 0.4) is 0 Å². The molecule has 0 saturated carbocycles. The average molecular weight is 326 g/mol. The number of aromatic nitrogens is 1. The maximum atomic E-state index is 12.3. The monoisotopic (exact) mass is 326 g/mol. The Morgan fingerprint density at radius 2 is 2.04 bits per heavy atom. The van der Waals surface area contributed by atoms with E-state index in [2.05, 4.69) is 10.3 Å². The Kier molecular flexibility index (Phi) is 4.99. The summed E-state index contributed by atoms with van der Waals surface area (Å²) in [6.07, 6.45) is 2.87. The lowest BCUT2D eigenvalue weighted by Crippen LogP contribution is -2.28. The highest BCUT2D eigenvalue weighted by Gasteiger charge is 2.16. The lowest BCUT2D eigenvalue weighted by Gasteiger charge is -2.16. The molecule has 0 aliphatic carbocycles. The van der Waals surface area contributed by atoms with Gasteiger partial charge in [-0.2, -0.15) is 0 Å². The molecule has 126 valence electrons. The molecule has 5 nitrogen and oxygen atoms in total. The third-order valence-corrected chi connectivity index (χ3v) is 4.09. The summed E-state index contributed by atoms with van der Waals surface area (Å²) in [5.74, 6) is 1.46. The van der Waals surface area contributed by atoms with Gasteiger partial charge in [0.1, 0.15) is 0 Å². The molecule has 2 aromatic rings. The van der Waals surface area contributed by atoms with Crippen LogP contribution in [-0.2, 0) is 11.2 Å². The van der Waals surface area contributed by atoms with Gasteiger partial charge in [-0.05, 0) is 43.2 Å². The van der Waals surface area contributed by atoms with Gasteiger partial charge in [0, 0.05) is 12.6 Å². The fraction of sp³-hybridized carbons (Fsp3) is 0.368. The molecule has 0 saturated heterocycles. The summed E-state index contributed by atoms with van der Waals surface area (Å²) in [6, 6.07) is 9.53. The van der Waals surface area contributed by atoms with Crippen molar-refractivity contribution in [2.45, 2.75) is 32.7 Å². The third-order valence-electron chi connectivity index (χ3n) is 4.09. The zero-order valence-electron chi connectivity index (χ0n) is 14.0. The van der Waals surface area contributed by atoms with Gasteiger partial charge in [0.25, 0.3) is 0 Å². The SMILES string of the molecule is Cc1cccnc1CC(=O)N[C@H](C)c1ccc2c(c1)OCCCO2. The van der Waals surface area contributed by atoms with Crippen LogP contribution in [0.4, 0.5) is 0 Å². The first kappa shape index (κ1) is 16.3. The number of hydrogen-bond acceptors (Lipinski definition) is 4. The fourth-order valence-corrected chi connectivity index (χ4v) is 2.68. The molecule has 0 bridgehead atoms. The van der Waals surface area contributed by atoms with Gasteiger partial charge in [-0.25, -0.2) is 0 Å². The van der Waals surface area contributed by atoms with Gasteiger partial charge in [0.2, 0.25) is 5.91 Å². The molecule has 0 radical (unpaired) electrons. The van der Waals surface area contributed by atoms with Crippen molar-refractivity contribution >= 4 is 5.91 Å². The number of benzene rings is 1. The molecule has 1 aliphatic rings. The van der Waals surface area contributed by atoms with E-state index < -0.39 is 0 Å². The molecule has 1 amide bonds. The lowest BCUT2D eigenvalue weighted by molar-refractivity contribution is -0.121. The van der Waals surface area contributed by atoms with Crippen LogP contribution in [0.1, 0.15) is 36.2 Å². The number of nitrogens with one attached hydrogen (secondary N) is 1. The minimum absolute atomic E-state index is 0.0450. The first-order chi connectivity index (χ1) is 11.6. The molecular formula is C19H22N2O3. The lowest BCUT2D eigenvalue weighted by atomic mass is 10.1. The number of rotatable bonds is 4. The second-order valence-corrected chi connectivity index (χ2v) is 5.99. The van der Waals surface area contributed by atoms with Crippen LogP contribution < -0.4 is 14.8 Å². The highest BCUT2D eigenvalue weighted by Crippen LogP contribution is 2.32. The van der Waals surface area contributed by atoms with Crippen LogP contribution in [0.2, 0.25) is 0 Å². The number of fused-ring (bicyclic) bond motifs is 1. The molecule has 1 atom stereocenters. The van der Waals surface area contributed by atoms with Gasteiger partial charge in [0.05, 0.1) is 31.4 Å². The van der Waals surface area contributed by atoms with E-state index in [1.165, 1.54) is 0 Å². The molecule has 0 fully saturated rings. The summed E-state index contributed by atoms with van der Waals surface area (Å²) in [5, 5.41) is 3.02. The zero-order valence-corrected chi connectivity index (χ0v) is 14.0. The number of hydrogen-bond donors (Lipinski definition) is 1. The molecule has 2 heterocycles. The van der Waals surface area contributed by atoms with Crippen molar-refractivity contribution in [2.75, 3.05) is 13.2 Å². The Hall–Kier alpha value is -2.56. The van der Waals surface area contributed by atoms with Crippen LogP contribution in [0, 0.1) is 6.92 Å². The molecule has 0 unspecified atom stereocenters. The summed E-state index contributed by atoms with van der Waals surface area (Å²) >= 11 is 0. The normalized spacial score (nSPS) is 14.6. The van der Waals surface area contributed by atoms with Crippen LogP contribution in [0.25, 0.3) is 0 Å². The van der Waals surface area contributed by atoms with Crippen molar-refractivity contribution in [3.05, 3.63) is 53.3 Å². The summed E-state index contributed by atoms with van der Waals surface area (Å²) < 4.78 is 11.3. The van der Waals surface area contributed by atoms with Crippen LogP contribution in [0.5, 0.6) is 11.5 Å². The first-order valence-electron chi connectivity index (χ1n) is 8.23. The molecule has 0 spiro atoms. The largest absolute Gasteiger partial charge is 0.490 e. The quantitative estimate of drug-likeness (QED) is 0.938. The minimum atomic E-state index is -0.112. The summed E-state index contributed by atoms with van der Waals surface area (Å²) in [6.45, 7) is 5.24. The Bertz CT molecular complexity index is 730. The minimum Gasteiger partial charge on any atom is -0.490 e. The van der Waals surface area contributed by atoms with Crippen molar-refractivity contribution in [2.24, 2.45) is 0 Å². The predicted octanol–water partition coefficient (Wildman–Crippen LogP) is 2.97. The van der Waals surface area contributed by atoms with E-state index in [9.17, 15) is 4.79 Å². The van der Waals surface area contributed by atoms with Crippen LogP contribution in [-0.4, -0.2) is 24.1 Å². The Balaban J connectivity index is 1.66. The van der Waals surface area contributed by atoms with Gasteiger partial charge in [0.15, 0.2) is 11.5 Å². The summed E-state index contributed by atoms with van der Waals surface area (Å²) in [5.41, 5.74) is 2.82. The van der Waals surface area contributed by atoms with Gasteiger partial charge >= 0.3 is 0 Å². The number of ether oxygens (including phenoxy) is 2. The van der Waals surface area contributed by atoms with E-state index in [1.807, 2.05) is 44.2 Å². The second kappa shape index (κ2) is 7.34. The third kappa shape index (κ3) is 3.85. The van der Waals surface area contributed by atoms with Gasteiger partial charge in [-0.3, -0.25) is 9.78 Å². The van der Waals surface area contributed by atoms with Gasteiger partial charge < -0.3 is 14.8 Å². The standard InChI is InChI=1S/C19H22N2O3/c1-13-5-3-8-20-16(13)12-19(22)21-14(2)15-6-7-17-18(11-15)24-10-4-9-23-17/h3,5-8,11,14H,4,9-10,12H2,1-2H3,(H,21,22)/t14-/m1/s1. The maximum absolute atomic E-state index is 12.3. The van der Waals surface area contributed by atoms with E-state index in [-0.39, 0.29) is 18.4 Å². The maximum Gasteiger partial charge on any atom is 0.226 e. The van der Waals surface area contributed by atoms with Crippen LogP contribution >= 0.6 is 0 Å². The molecule has 1 N–H and O–H groups in total. The smallest absolute Gasteiger partial charge is 0.226 e. The number of amides is 1. The summed E-state index contributed by atoms with van der Waals surface area (Å²) in [7, 11) is 0. The number of aryl methyl sites for hydroxylation is 1. The van der Waals surface area contributed by atoms with Crippen molar-refractivity contribution in [3.8, 4) is 11.5 Å². The molecule has 1 aromatic carbocycles. The van der Waals surface area contributed by atoms with Crippen molar-refractivity contribution in [1.82, 2.24) is 10.3 Å². The van der Waals surface area contributed by atoms with Gasteiger partial charge in [-0.15, -0.1) is 0 Å². The Morgan fingerprint density at radius 1 is 1.25 bits per heavy atom. The van der Waals surface area contributed by atoms with Crippen molar-refractivity contribution < 1.29 is 14.3 Å². The Morgan fingerprint density at radius 3 is 2.83 bits per heavy atom. The number of carbonyl (C=O) groups excluding carboxylic acids is 1. The van der Waals surface area contributed by atoms with E-state index in [0.29, 0.717) is 13.2 Å². The van der Waals surface area contributed by atoms with E-state index in [4.69, 9.17) is 9.47 Å². The van der Waals surface area contributed by atoms with E-state index in [1.54, 1.807) is 6.20 Å². The molecule has 3 rings (SSSR count). The Labute approximate surface area is 142 Å². The average Bonchev–Trinajstić information content (AvgIpc) is 2.81. The predicted molar refractivity (Wildman–Crippen MR) is 91.3 cm³/mol. The highest BCUT2D eigenvalue weighted by atomic mass is 16.5. The fourth-order valence-electron chi connectivity index (χ4n) is 2.68. The summed E-state index contributed by atoms with van der Waals surface area (Å²) in [4.78, 5) is 16.6. The molecular weight excluding hydrogens is 304 g/mol. The number of nitrogens with zero attached hydrogens (tertiary/aromatic N) is 1. The molecule has 1 aromatic heterocycles. The molecule has 24 heavy (non-hydrogen) atoms. The second-order valence-electron chi connectivity index (χ2n) is 5.99. The molecule has 5 heteroatoms. The van der Waals surface area contributed by atoms with Crippen molar-refractivity contribution in [3.63, 3.8) is 0 Å². The van der Waals surface area contributed by atoms with Crippen LogP contribution in [0.15, 0.2) is 36.5 Å². The molecule has 1 aliphatic heterocycles.